The molecule has 0 N–H and O–H groups in total. The summed E-state index contributed by atoms with van der Waals surface area (Å²) in [5, 5.41) is 0. The number of hydrogen-bond acceptors (Lipinski definition) is 1. The third kappa shape index (κ3) is 6.08. The molecule has 184 valence electrons. The summed E-state index contributed by atoms with van der Waals surface area (Å²) in [5.41, 5.74) is 9.48. The number of nitrogens with zero attached hydrogens (tertiary/aromatic N) is 1. The summed E-state index contributed by atoms with van der Waals surface area (Å²) >= 11 is 0. The molecule has 1 nitrogen and oxygen atoms in total. The number of anilines is 2. The summed E-state index contributed by atoms with van der Waals surface area (Å²) in [4.78, 5) is 2.34. The molecule has 0 atom stereocenters. The Bertz CT molecular complexity index is 1410. The summed E-state index contributed by atoms with van der Waals surface area (Å²) in [7, 11) is 0. The van der Waals surface area contributed by atoms with Crippen molar-refractivity contribution in [2.24, 2.45) is 0 Å². The lowest BCUT2D eigenvalue weighted by atomic mass is 10.0. The van der Waals surface area contributed by atoms with Crippen LogP contribution in [0.5, 0.6) is 0 Å². The Balaban J connectivity index is 1.45. The molecule has 0 aliphatic heterocycles. The minimum absolute atomic E-state index is 0.733. The van der Waals surface area contributed by atoms with Gasteiger partial charge in [0.05, 0.1) is 0 Å². The van der Waals surface area contributed by atoms with Crippen LogP contribution in [-0.4, -0.2) is 6.54 Å². The van der Waals surface area contributed by atoms with Gasteiger partial charge in [-0.25, -0.2) is 0 Å². The topological polar surface area (TPSA) is 3.24 Å². The number of hydrogen-bond donors (Lipinski definition) is 0. The molecule has 0 aliphatic carbocycles. The molecule has 0 aliphatic rings. The van der Waals surface area contributed by atoms with Gasteiger partial charge >= 0.3 is 0 Å². The molecule has 0 spiro atoms. The van der Waals surface area contributed by atoms with Crippen LogP contribution in [0.15, 0.2) is 170 Å². The average molecular weight is 490 g/mol. The zero-order valence-electron chi connectivity index (χ0n) is 21.4. The van der Waals surface area contributed by atoms with Gasteiger partial charge < -0.3 is 4.90 Å². The molecule has 0 aromatic heterocycles. The zero-order chi connectivity index (χ0) is 26.0. The Kier molecular flexibility index (Phi) is 8.08. The molecule has 0 amide bonds. The van der Waals surface area contributed by atoms with Crippen molar-refractivity contribution in [1.29, 1.82) is 0 Å². The van der Waals surface area contributed by atoms with E-state index < -0.39 is 0 Å². The first kappa shape index (κ1) is 24.8. The first-order chi connectivity index (χ1) is 18.8. The van der Waals surface area contributed by atoms with Gasteiger partial charge in [-0.3, -0.25) is 0 Å². The minimum Gasteiger partial charge on any atom is -0.338 e. The van der Waals surface area contributed by atoms with Crippen LogP contribution in [0.25, 0.3) is 27.8 Å². The molecule has 38 heavy (non-hydrogen) atoms. The van der Waals surface area contributed by atoms with E-state index in [0.717, 1.165) is 23.5 Å². The molecule has 0 unspecified atom stereocenters. The van der Waals surface area contributed by atoms with Crippen LogP contribution in [0.2, 0.25) is 0 Å². The van der Waals surface area contributed by atoms with Gasteiger partial charge in [0.25, 0.3) is 0 Å². The Hall–Kier alpha value is -4.88. The third-order valence-corrected chi connectivity index (χ3v) is 6.56. The van der Waals surface area contributed by atoms with Crippen molar-refractivity contribution < 1.29 is 0 Å². The van der Waals surface area contributed by atoms with E-state index in [4.69, 9.17) is 0 Å². The Morgan fingerprint density at radius 2 is 0.947 bits per heavy atom. The van der Waals surface area contributed by atoms with Gasteiger partial charge in [-0.15, -0.1) is 0 Å². The zero-order valence-corrected chi connectivity index (χ0v) is 21.4. The van der Waals surface area contributed by atoms with Gasteiger partial charge in [0, 0.05) is 17.9 Å². The molecule has 5 aromatic rings. The minimum atomic E-state index is 0.733. The molecule has 0 heterocycles. The van der Waals surface area contributed by atoms with Crippen LogP contribution >= 0.6 is 0 Å². The molecule has 0 radical (unpaired) electrons. The predicted molar refractivity (Wildman–Crippen MR) is 165 cm³/mol. The van der Waals surface area contributed by atoms with E-state index >= 15 is 0 Å². The average Bonchev–Trinajstić information content (AvgIpc) is 3.00. The van der Waals surface area contributed by atoms with Crippen molar-refractivity contribution >= 4 is 16.9 Å². The fourth-order valence-electron chi connectivity index (χ4n) is 4.58. The van der Waals surface area contributed by atoms with Crippen molar-refractivity contribution in [3.63, 3.8) is 0 Å². The summed E-state index contributed by atoms with van der Waals surface area (Å²) < 4.78 is 0. The molecule has 0 saturated carbocycles. The molecule has 0 fully saturated rings. The molecular weight excluding hydrogens is 458 g/mol. The standard InChI is InChI=1S/C37H31N/c1-2-13-30(31-14-6-3-7-15-31)20-12-29-38(36-25-21-34(22-26-36)32-16-8-4-9-17-32)37-27-23-35(24-28-37)33-18-10-5-11-19-33/h2-28H,1,29H2/b20-12-,30-13+. The molecular formula is C37H31N. The number of rotatable bonds is 9. The lowest BCUT2D eigenvalue weighted by Crippen LogP contribution is -2.16. The molecule has 5 aromatic carbocycles. The highest BCUT2D eigenvalue weighted by Crippen LogP contribution is 2.30. The summed E-state index contributed by atoms with van der Waals surface area (Å²) in [6.45, 7) is 4.64. The maximum absolute atomic E-state index is 3.91. The second kappa shape index (κ2) is 12.4. The van der Waals surface area contributed by atoms with Crippen LogP contribution in [0.4, 0.5) is 11.4 Å². The lowest BCUT2D eigenvalue weighted by molar-refractivity contribution is 1.10. The summed E-state index contributed by atoms with van der Waals surface area (Å²) in [6.07, 6.45) is 8.30. The van der Waals surface area contributed by atoms with Crippen molar-refractivity contribution in [3.05, 3.63) is 176 Å². The fraction of sp³-hybridized carbons (Fsp3) is 0.0270. The van der Waals surface area contributed by atoms with E-state index in [1.54, 1.807) is 0 Å². The highest BCUT2D eigenvalue weighted by atomic mass is 15.1. The van der Waals surface area contributed by atoms with Gasteiger partial charge in [0.2, 0.25) is 0 Å². The van der Waals surface area contributed by atoms with Gasteiger partial charge in [-0.1, -0.05) is 146 Å². The van der Waals surface area contributed by atoms with Crippen molar-refractivity contribution in [2.75, 3.05) is 11.4 Å². The van der Waals surface area contributed by atoms with Gasteiger partial charge in [-0.2, -0.15) is 0 Å². The van der Waals surface area contributed by atoms with Gasteiger partial charge in [0.15, 0.2) is 0 Å². The number of benzene rings is 5. The molecule has 0 saturated heterocycles. The largest absolute Gasteiger partial charge is 0.338 e. The highest BCUT2D eigenvalue weighted by molar-refractivity contribution is 5.76. The van der Waals surface area contributed by atoms with Crippen molar-refractivity contribution in [3.8, 4) is 22.3 Å². The van der Waals surface area contributed by atoms with Crippen LogP contribution in [-0.2, 0) is 0 Å². The SMILES string of the molecule is C=C/C=C(\C=C/CN(c1ccc(-c2ccccc2)cc1)c1ccc(-c2ccccc2)cc1)c1ccccc1. The molecule has 5 rings (SSSR count). The fourth-order valence-corrected chi connectivity index (χ4v) is 4.58. The maximum Gasteiger partial charge on any atom is 0.0415 e. The first-order valence-electron chi connectivity index (χ1n) is 12.9. The number of allylic oxidation sites excluding steroid dienone is 4. The van der Waals surface area contributed by atoms with E-state index in [2.05, 4.69) is 163 Å². The summed E-state index contributed by atoms with van der Waals surface area (Å²) in [6, 6.07) is 49.1. The van der Waals surface area contributed by atoms with E-state index in [0.29, 0.717) is 0 Å². The quantitative estimate of drug-likeness (QED) is 0.186. The Morgan fingerprint density at radius 3 is 1.39 bits per heavy atom. The van der Waals surface area contributed by atoms with Crippen molar-refractivity contribution in [2.45, 2.75) is 0 Å². The normalized spacial score (nSPS) is 11.4. The van der Waals surface area contributed by atoms with Crippen LogP contribution in [0, 0.1) is 0 Å². The van der Waals surface area contributed by atoms with Gasteiger partial charge in [0.1, 0.15) is 0 Å². The second-order valence-electron chi connectivity index (χ2n) is 9.06. The van der Waals surface area contributed by atoms with Crippen LogP contribution < -0.4 is 4.90 Å². The van der Waals surface area contributed by atoms with E-state index in [1.807, 2.05) is 12.1 Å². The van der Waals surface area contributed by atoms with Crippen molar-refractivity contribution in [1.82, 2.24) is 0 Å². The second-order valence-corrected chi connectivity index (χ2v) is 9.06. The molecule has 0 bridgehead atoms. The Labute approximate surface area is 226 Å². The highest BCUT2D eigenvalue weighted by Gasteiger charge is 2.10. The van der Waals surface area contributed by atoms with E-state index in [-0.39, 0.29) is 0 Å². The van der Waals surface area contributed by atoms with Crippen LogP contribution in [0.3, 0.4) is 0 Å². The van der Waals surface area contributed by atoms with E-state index in [9.17, 15) is 0 Å². The predicted octanol–water partition coefficient (Wildman–Crippen LogP) is 9.98. The Morgan fingerprint density at radius 1 is 0.526 bits per heavy atom. The monoisotopic (exact) mass is 489 g/mol. The first-order valence-corrected chi connectivity index (χ1v) is 12.9. The maximum atomic E-state index is 3.91. The van der Waals surface area contributed by atoms with E-state index in [1.165, 1.54) is 27.8 Å². The lowest BCUT2D eigenvalue weighted by Gasteiger charge is -2.24. The molecule has 1 heteroatoms. The smallest absolute Gasteiger partial charge is 0.0415 e. The summed E-state index contributed by atoms with van der Waals surface area (Å²) in [5.74, 6) is 0. The van der Waals surface area contributed by atoms with Gasteiger partial charge in [-0.05, 0) is 57.7 Å². The third-order valence-electron chi connectivity index (χ3n) is 6.56. The van der Waals surface area contributed by atoms with Crippen LogP contribution in [0.1, 0.15) is 5.56 Å².